The topological polar surface area (TPSA) is 0 Å². The Balaban J connectivity index is 2.38. The lowest BCUT2D eigenvalue weighted by atomic mass is 9.97. The molecular weight excluding hydrogens is 297 g/mol. The van der Waals surface area contributed by atoms with E-state index in [1.165, 1.54) is 0 Å². The molecular formula is C11H11F2I. The van der Waals surface area contributed by atoms with Gasteiger partial charge in [-0.2, -0.15) is 0 Å². The maximum Gasteiger partial charge on any atom is 0.172 e. The van der Waals surface area contributed by atoms with Crippen LogP contribution in [-0.2, 0) is 0 Å². The monoisotopic (exact) mass is 308 g/mol. The van der Waals surface area contributed by atoms with Gasteiger partial charge < -0.3 is 0 Å². The van der Waals surface area contributed by atoms with Crippen LogP contribution in [-0.4, -0.2) is 0 Å². The van der Waals surface area contributed by atoms with Gasteiger partial charge in [-0.3, -0.25) is 0 Å². The first-order valence-corrected chi connectivity index (χ1v) is 5.91. The predicted octanol–water partition coefficient (Wildman–Crippen LogP) is 4.23. The maximum atomic E-state index is 13.5. The summed E-state index contributed by atoms with van der Waals surface area (Å²) in [5.74, 6) is -1.08. The number of halogens is 3. The lowest BCUT2D eigenvalue weighted by Gasteiger charge is -2.11. The zero-order valence-corrected chi connectivity index (χ0v) is 9.85. The van der Waals surface area contributed by atoms with Crippen LogP contribution in [0.2, 0.25) is 0 Å². The molecule has 0 spiro atoms. The van der Waals surface area contributed by atoms with Gasteiger partial charge in [0.15, 0.2) is 11.6 Å². The first-order chi connectivity index (χ1) is 6.70. The second kappa shape index (κ2) is 4.13. The highest BCUT2D eigenvalue weighted by Crippen LogP contribution is 2.36. The van der Waals surface area contributed by atoms with Gasteiger partial charge in [-0.15, -0.1) is 0 Å². The molecule has 1 aromatic rings. The van der Waals surface area contributed by atoms with Crippen molar-refractivity contribution in [2.45, 2.75) is 31.6 Å². The Morgan fingerprint density at radius 2 is 1.71 bits per heavy atom. The summed E-state index contributed by atoms with van der Waals surface area (Å²) in [6, 6.07) is 3.39. The lowest BCUT2D eigenvalue weighted by Crippen LogP contribution is -2.00. The average Bonchev–Trinajstić information content (AvgIpc) is 2.67. The molecule has 0 aliphatic heterocycles. The van der Waals surface area contributed by atoms with Crippen LogP contribution in [0.3, 0.4) is 0 Å². The van der Waals surface area contributed by atoms with E-state index in [0.717, 1.165) is 25.7 Å². The Morgan fingerprint density at radius 1 is 1.07 bits per heavy atom. The molecule has 0 radical (unpaired) electrons. The second-order valence-corrected chi connectivity index (χ2v) is 4.91. The van der Waals surface area contributed by atoms with E-state index in [0.29, 0.717) is 9.13 Å². The van der Waals surface area contributed by atoms with Crippen molar-refractivity contribution in [2.24, 2.45) is 0 Å². The van der Waals surface area contributed by atoms with E-state index >= 15 is 0 Å². The van der Waals surface area contributed by atoms with Crippen LogP contribution in [0, 0.1) is 15.2 Å². The zero-order chi connectivity index (χ0) is 10.1. The van der Waals surface area contributed by atoms with Crippen molar-refractivity contribution >= 4 is 22.6 Å². The van der Waals surface area contributed by atoms with Crippen LogP contribution in [0.15, 0.2) is 12.1 Å². The van der Waals surface area contributed by atoms with Crippen LogP contribution in [0.4, 0.5) is 8.78 Å². The van der Waals surface area contributed by atoms with Crippen molar-refractivity contribution in [2.75, 3.05) is 0 Å². The molecule has 76 valence electrons. The van der Waals surface area contributed by atoms with Crippen LogP contribution < -0.4 is 0 Å². The van der Waals surface area contributed by atoms with Gasteiger partial charge in [-0.25, -0.2) is 8.78 Å². The van der Waals surface area contributed by atoms with Gasteiger partial charge in [-0.05, 0) is 53.0 Å². The van der Waals surface area contributed by atoms with E-state index in [4.69, 9.17) is 0 Å². The van der Waals surface area contributed by atoms with Crippen LogP contribution >= 0.6 is 22.6 Å². The Bertz CT molecular complexity index is 343. The Morgan fingerprint density at radius 3 is 2.36 bits per heavy atom. The van der Waals surface area contributed by atoms with Crippen molar-refractivity contribution in [3.63, 3.8) is 0 Å². The van der Waals surface area contributed by atoms with Gasteiger partial charge >= 0.3 is 0 Å². The SMILES string of the molecule is Fc1c(I)ccc(C2CCCC2)c1F. The third kappa shape index (κ3) is 1.78. The number of rotatable bonds is 1. The van der Waals surface area contributed by atoms with Crippen molar-refractivity contribution < 1.29 is 8.78 Å². The molecule has 0 saturated heterocycles. The Hall–Kier alpha value is -0.190. The van der Waals surface area contributed by atoms with E-state index in [9.17, 15) is 8.78 Å². The zero-order valence-electron chi connectivity index (χ0n) is 7.69. The molecule has 0 atom stereocenters. The van der Waals surface area contributed by atoms with E-state index in [1.54, 1.807) is 12.1 Å². The van der Waals surface area contributed by atoms with Gasteiger partial charge in [-0.1, -0.05) is 18.9 Å². The van der Waals surface area contributed by atoms with Gasteiger partial charge in [0.1, 0.15) is 0 Å². The standard InChI is InChI=1S/C11H11F2I/c12-10-8(7-3-1-2-4-7)5-6-9(14)11(10)13/h5-7H,1-4H2. The third-order valence-electron chi connectivity index (χ3n) is 2.86. The average molecular weight is 308 g/mol. The molecule has 14 heavy (non-hydrogen) atoms. The summed E-state index contributed by atoms with van der Waals surface area (Å²) < 4.78 is 27.2. The molecule has 1 aromatic carbocycles. The highest BCUT2D eigenvalue weighted by atomic mass is 127. The molecule has 0 heterocycles. The Labute approximate surface area is 95.8 Å². The van der Waals surface area contributed by atoms with E-state index in [-0.39, 0.29) is 5.92 Å². The highest BCUT2D eigenvalue weighted by molar-refractivity contribution is 14.1. The van der Waals surface area contributed by atoms with Gasteiger partial charge in [0.2, 0.25) is 0 Å². The van der Waals surface area contributed by atoms with Crippen molar-refractivity contribution in [1.29, 1.82) is 0 Å². The van der Waals surface area contributed by atoms with E-state index in [2.05, 4.69) is 0 Å². The van der Waals surface area contributed by atoms with Crippen molar-refractivity contribution in [1.82, 2.24) is 0 Å². The minimum atomic E-state index is -0.685. The molecule has 0 nitrogen and oxygen atoms in total. The molecule has 1 saturated carbocycles. The molecule has 2 rings (SSSR count). The first-order valence-electron chi connectivity index (χ1n) is 4.83. The molecule has 0 aromatic heterocycles. The molecule has 0 amide bonds. The summed E-state index contributed by atoms with van der Waals surface area (Å²) >= 11 is 1.81. The van der Waals surface area contributed by atoms with Crippen LogP contribution in [0.1, 0.15) is 37.2 Å². The summed E-state index contributed by atoms with van der Waals surface area (Å²) in [5.41, 5.74) is 0.570. The fourth-order valence-corrected chi connectivity index (χ4v) is 2.51. The fraction of sp³-hybridized carbons (Fsp3) is 0.455. The number of hydrogen-bond donors (Lipinski definition) is 0. The first kappa shape index (κ1) is 10.3. The minimum Gasteiger partial charge on any atom is -0.203 e. The largest absolute Gasteiger partial charge is 0.203 e. The highest BCUT2D eigenvalue weighted by Gasteiger charge is 2.22. The van der Waals surface area contributed by atoms with Gasteiger partial charge in [0, 0.05) is 0 Å². The normalized spacial score (nSPS) is 17.6. The quantitative estimate of drug-likeness (QED) is 0.538. The molecule has 1 aliphatic rings. The molecule has 0 unspecified atom stereocenters. The summed E-state index contributed by atoms with van der Waals surface area (Å²) in [7, 11) is 0. The molecule has 1 fully saturated rings. The third-order valence-corrected chi connectivity index (χ3v) is 3.69. The van der Waals surface area contributed by atoms with Gasteiger partial charge in [0.05, 0.1) is 3.57 Å². The lowest BCUT2D eigenvalue weighted by molar-refractivity contribution is 0.483. The van der Waals surface area contributed by atoms with E-state index < -0.39 is 11.6 Å². The maximum absolute atomic E-state index is 13.5. The molecule has 0 N–H and O–H groups in total. The second-order valence-electron chi connectivity index (χ2n) is 3.75. The molecule has 3 heteroatoms. The van der Waals surface area contributed by atoms with Crippen LogP contribution in [0.5, 0.6) is 0 Å². The smallest absolute Gasteiger partial charge is 0.172 e. The van der Waals surface area contributed by atoms with E-state index in [1.807, 2.05) is 22.6 Å². The predicted molar refractivity (Wildman–Crippen MR) is 60.3 cm³/mol. The van der Waals surface area contributed by atoms with Crippen LogP contribution in [0.25, 0.3) is 0 Å². The molecule has 0 bridgehead atoms. The number of hydrogen-bond acceptors (Lipinski definition) is 0. The summed E-state index contributed by atoms with van der Waals surface area (Å²) in [4.78, 5) is 0. The van der Waals surface area contributed by atoms with Crippen molar-refractivity contribution in [3.05, 3.63) is 32.9 Å². The minimum absolute atomic E-state index is 0.237. The summed E-state index contributed by atoms with van der Waals surface area (Å²) in [5, 5.41) is 0. The molecule has 1 aliphatic carbocycles. The number of benzene rings is 1. The van der Waals surface area contributed by atoms with Crippen molar-refractivity contribution in [3.8, 4) is 0 Å². The summed E-state index contributed by atoms with van der Waals surface area (Å²) in [6.07, 6.45) is 4.27. The fourth-order valence-electron chi connectivity index (χ4n) is 2.09. The van der Waals surface area contributed by atoms with Gasteiger partial charge in [0.25, 0.3) is 0 Å². The Kier molecular flexibility index (Phi) is 3.04. The summed E-state index contributed by atoms with van der Waals surface area (Å²) in [6.45, 7) is 0.